The molecular formula is C14H23N3O. The van der Waals surface area contributed by atoms with Crippen LogP contribution in [-0.4, -0.2) is 22.0 Å². The van der Waals surface area contributed by atoms with Gasteiger partial charge < -0.3 is 0 Å². The van der Waals surface area contributed by atoms with Gasteiger partial charge in [0.15, 0.2) is 0 Å². The summed E-state index contributed by atoms with van der Waals surface area (Å²) in [5.74, 6) is -0.159. The van der Waals surface area contributed by atoms with Crippen LogP contribution in [0.2, 0.25) is 0 Å². The van der Waals surface area contributed by atoms with Gasteiger partial charge in [-0.25, -0.2) is 5.01 Å². The zero-order chi connectivity index (χ0) is 13.8. The minimum Gasteiger partial charge on any atom is -0.284 e. The third-order valence-electron chi connectivity index (χ3n) is 3.49. The molecule has 0 saturated carbocycles. The molecule has 0 aromatic carbocycles. The van der Waals surface area contributed by atoms with Crippen LogP contribution in [0.3, 0.4) is 0 Å². The fourth-order valence-corrected chi connectivity index (χ4v) is 2.67. The molecule has 1 fully saturated rings. The number of carbonyl (C=O) groups is 1. The van der Waals surface area contributed by atoms with Crippen LogP contribution in [0.4, 0.5) is 0 Å². The van der Waals surface area contributed by atoms with Crippen LogP contribution in [0.1, 0.15) is 53.4 Å². The van der Waals surface area contributed by atoms with Crippen molar-refractivity contribution in [1.82, 2.24) is 10.4 Å². The molecular weight excluding hydrogens is 226 g/mol. The second-order valence-electron chi connectivity index (χ2n) is 6.05. The Labute approximate surface area is 110 Å². The van der Waals surface area contributed by atoms with E-state index in [1.54, 1.807) is 6.08 Å². The van der Waals surface area contributed by atoms with E-state index in [1.165, 1.54) is 12.5 Å². The van der Waals surface area contributed by atoms with Crippen LogP contribution in [0.5, 0.6) is 0 Å². The maximum Gasteiger partial charge on any atom is 0.258 e. The fourth-order valence-electron chi connectivity index (χ4n) is 2.67. The van der Waals surface area contributed by atoms with Gasteiger partial charge in [0.1, 0.15) is 0 Å². The summed E-state index contributed by atoms with van der Waals surface area (Å²) in [5, 5.41) is 10.5. The minimum absolute atomic E-state index is 0.0412. The van der Waals surface area contributed by atoms with E-state index in [0.717, 1.165) is 12.8 Å². The van der Waals surface area contributed by atoms with Crippen molar-refractivity contribution in [3.05, 3.63) is 12.2 Å². The first-order valence-corrected chi connectivity index (χ1v) is 6.44. The molecule has 0 bridgehead atoms. The number of carbonyl (C=O) groups excluding carboxylic acids is 1. The van der Waals surface area contributed by atoms with E-state index in [4.69, 9.17) is 5.26 Å². The summed E-state index contributed by atoms with van der Waals surface area (Å²) in [4.78, 5) is 11.8. The van der Waals surface area contributed by atoms with E-state index in [1.807, 2.05) is 6.07 Å². The Bertz CT molecular complexity index is 361. The Balaban J connectivity index is 2.73. The molecule has 1 heterocycles. The molecule has 0 aromatic rings. The smallest absolute Gasteiger partial charge is 0.258 e. The van der Waals surface area contributed by atoms with Gasteiger partial charge in [-0.1, -0.05) is 6.08 Å². The van der Waals surface area contributed by atoms with Crippen molar-refractivity contribution in [2.75, 3.05) is 0 Å². The van der Waals surface area contributed by atoms with Gasteiger partial charge in [-0.05, 0) is 47.0 Å². The first-order chi connectivity index (χ1) is 8.29. The van der Waals surface area contributed by atoms with Crippen molar-refractivity contribution in [2.45, 2.75) is 64.5 Å². The summed E-state index contributed by atoms with van der Waals surface area (Å²) in [7, 11) is 0. The highest BCUT2D eigenvalue weighted by Crippen LogP contribution is 2.36. The standard InChI is InChI=1S/C14H23N3O/c1-13(2)9-7-10-14(3,4)17(13)16-12(18)8-5-6-11-15/h5,8H,6-7,9-10H2,1-4H3,(H,16,18)/b8-5+. The highest BCUT2D eigenvalue weighted by Gasteiger charge is 2.42. The lowest BCUT2D eigenvalue weighted by Crippen LogP contribution is -2.65. The molecule has 1 amide bonds. The Morgan fingerprint density at radius 1 is 1.33 bits per heavy atom. The van der Waals surface area contributed by atoms with Crippen molar-refractivity contribution >= 4 is 5.91 Å². The first kappa shape index (κ1) is 14.7. The van der Waals surface area contributed by atoms with Crippen LogP contribution in [0, 0.1) is 11.3 Å². The summed E-state index contributed by atoms with van der Waals surface area (Å²) in [6.45, 7) is 8.58. The number of nitrogens with one attached hydrogen (secondary N) is 1. The third-order valence-corrected chi connectivity index (χ3v) is 3.49. The van der Waals surface area contributed by atoms with Gasteiger partial charge in [-0.15, -0.1) is 0 Å². The molecule has 1 N–H and O–H groups in total. The van der Waals surface area contributed by atoms with Gasteiger partial charge in [0.2, 0.25) is 0 Å². The van der Waals surface area contributed by atoms with E-state index >= 15 is 0 Å². The maximum atomic E-state index is 11.8. The average molecular weight is 249 g/mol. The number of rotatable bonds is 3. The molecule has 0 aromatic heterocycles. The van der Waals surface area contributed by atoms with Gasteiger partial charge >= 0.3 is 0 Å². The van der Waals surface area contributed by atoms with Crippen LogP contribution in [0.15, 0.2) is 12.2 Å². The second kappa shape index (κ2) is 5.53. The fraction of sp³-hybridized carbons (Fsp3) is 0.714. The Hall–Kier alpha value is -1.34. The number of nitrogens with zero attached hydrogens (tertiary/aromatic N) is 2. The lowest BCUT2D eigenvalue weighted by molar-refractivity contribution is -0.134. The number of hydrogen-bond donors (Lipinski definition) is 1. The van der Waals surface area contributed by atoms with Crippen molar-refractivity contribution in [3.63, 3.8) is 0 Å². The predicted octanol–water partition coefficient (Wildman–Crippen LogP) is 2.53. The van der Waals surface area contributed by atoms with Crippen molar-refractivity contribution in [2.24, 2.45) is 0 Å². The van der Waals surface area contributed by atoms with Gasteiger partial charge in [0.25, 0.3) is 5.91 Å². The molecule has 1 aliphatic heterocycles. The summed E-state index contributed by atoms with van der Waals surface area (Å²) >= 11 is 0. The molecule has 1 rings (SSSR count). The van der Waals surface area contributed by atoms with E-state index in [0.29, 0.717) is 0 Å². The zero-order valence-corrected chi connectivity index (χ0v) is 11.8. The van der Waals surface area contributed by atoms with E-state index in [-0.39, 0.29) is 23.4 Å². The van der Waals surface area contributed by atoms with Crippen LogP contribution in [-0.2, 0) is 4.79 Å². The maximum absolute atomic E-state index is 11.8. The summed E-state index contributed by atoms with van der Waals surface area (Å²) in [5.41, 5.74) is 2.87. The summed E-state index contributed by atoms with van der Waals surface area (Å²) < 4.78 is 0. The molecule has 0 radical (unpaired) electrons. The number of amides is 1. The summed E-state index contributed by atoms with van der Waals surface area (Å²) in [6.07, 6.45) is 6.59. The molecule has 4 nitrogen and oxygen atoms in total. The first-order valence-electron chi connectivity index (χ1n) is 6.44. The van der Waals surface area contributed by atoms with Crippen LogP contribution >= 0.6 is 0 Å². The van der Waals surface area contributed by atoms with E-state index in [9.17, 15) is 4.79 Å². The predicted molar refractivity (Wildman–Crippen MR) is 71.4 cm³/mol. The van der Waals surface area contributed by atoms with Gasteiger partial charge in [0, 0.05) is 17.2 Å². The van der Waals surface area contributed by atoms with Crippen molar-refractivity contribution < 1.29 is 4.79 Å². The number of hydrazine groups is 1. The Morgan fingerprint density at radius 3 is 2.39 bits per heavy atom. The normalized spacial score (nSPS) is 22.6. The number of piperidine rings is 1. The number of nitriles is 1. The number of hydrogen-bond acceptors (Lipinski definition) is 3. The Kier molecular flexibility index (Phi) is 4.53. The molecule has 1 saturated heterocycles. The van der Waals surface area contributed by atoms with Crippen LogP contribution in [0.25, 0.3) is 0 Å². The van der Waals surface area contributed by atoms with Gasteiger partial charge in [-0.2, -0.15) is 5.26 Å². The molecule has 0 spiro atoms. The molecule has 100 valence electrons. The Morgan fingerprint density at radius 2 is 1.89 bits per heavy atom. The van der Waals surface area contributed by atoms with Gasteiger partial charge in [-0.3, -0.25) is 10.2 Å². The SMILES string of the molecule is CC1(C)CCCC(C)(C)N1NC(=O)/C=C/CC#N. The van der Waals surface area contributed by atoms with E-state index in [2.05, 4.69) is 38.1 Å². The largest absolute Gasteiger partial charge is 0.284 e. The molecule has 4 heteroatoms. The second-order valence-corrected chi connectivity index (χ2v) is 6.05. The molecule has 18 heavy (non-hydrogen) atoms. The highest BCUT2D eigenvalue weighted by atomic mass is 16.2. The van der Waals surface area contributed by atoms with Crippen molar-refractivity contribution in [3.8, 4) is 6.07 Å². The lowest BCUT2D eigenvalue weighted by Gasteiger charge is -2.52. The van der Waals surface area contributed by atoms with Crippen LogP contribution < -0.4 is 5.43 Å². The molecule has 0 aliphatic carbocycles. The third kappa shape index (κ3) is 3.58. The van der Waals surface area contributed by atoms with Gasteiger partial charge in [0.05, 0.1) is 12.5 Å². The summed E-state index contributed by atoms with van der Waals surface area (Å²) in [6, 6.07) is 1.98. The molecule has 0 unspecified atom stereocenters. The monoisotopic (exact) mass is 249 g/mol. The molecule has 1 aliphatic rings. The number of allylic oxidation sites excluding steroid dienone is 1. The van der Waals surface area contributed by atoms with Crippen molar-refractivity contribution in [1.29, 1.82) is 5.26 Å². The van der Waals surface area contributed by atoms with E-state index < -0.39 is 0 Å². The zero-order valence-electron chi connectivity index (χ0n) is 11.8. The lowest BCUT2D eigenvalue weighted by atomic mass is 9.81. The topological polar surface area (TPSA) is 56.1 Å². The minimum atomic E-state index is -0.159. The molecule has 0 atom stereocenters. The highest BCUT2D eigenvalue weighted by molar-refractivity contribution is 5.87. The average Bonchev–Trinajstić information content (AvgIpc) is 2.23. The quantitative estimate of drug-likeness (QED) is 0.782.